The average Bonchev–Trinajstić information content (AvgIpc) is 2.85. The number of esters is 1. The van der Waals surface area contributed by atoms with Gasteiger partial charge >= 0.3 is 5.97 Å². The van der Waals surface area contributed by atoms with Crippen LogP contribution in [0, 0.1) is 5.92 Å². The molecule has 37 heavy (non-hydrogen) atoms. The van der Waals surface area contributed by atoms with E-state index in [1.807, 2.05) is 31.2 Å². The van der Waals surface area contributed by atoms with Gasteiger partial charge < -0.3 is 13.9 Å². The van der Waals surface area contributed by atoms with Crippen molar-refractivity contribution in [1.82, 2.24) is 0 Å². The Labute approximate surface area is 228 Å². The van der Waals surface area contributed by atoms with Crippen LogP contribution >= 0.6 is 0 Å². The molecule has 0 saturated carbocycles. The minimum atomic E-state index is -2.04. The smallest absolute Gasteiger partial charge is 0.330 e. The zero-order valence-electron chi connectivity index (χ0n) is 24.8. The summed E-state index contributed by atoms with van der Waals surface area (Å²) in [6, 6.07) is 10.2. The standard InChI is InChI=1S/C32H52O4Si/c1-10-35-32(33)21-18-28(8)16-19-31(36-37(25(2)3,26(4)5)27(6)7)20-17-29(9)22-23-34-24-30-14-12-11-13-15-30/h11-15,17-18,20-22,25-28,31H,10,16,19,23-24H2,1-9H3/b20-17+,21-18+,29-22+/t28-,31-/m1/s1. The number of rotatable bonds is 17. The summed E-state index contributed by atoms with van der Waals surface area (Å²) in [4.78, 5) is 11.7. The molecule has 208 valence electrons. The first-order valence-corrected chi connectivity index (χ1v) is 16.2. The maximum atomic E-state index is 11.7. The molecule has 0 radical (unpaired) electrons. The van der Waals surface area contributed by atoms with Gasteiger partial charge in [0.15, 0.2) is 0 Å². The molecule has 0 heterocycles. The quantitative estimate of drug-likeness (QED) is 0.0666. The van der Waals surface area contributed by atoms with E-state index in [-0.39, 0.29) is 18.0 Å². The summed E-state index contributed by atoms with van der Waals surface area (Å²) in [5.74, 6) is -0.0108. The highest BCUT2D eigenvalue weighted by molar-refractivity contribution is 6.77. The van der Waals surface area contributed by atoms with Crippen LogP contribution in [0.4, 0.5) is 0 Å². The summed E-state index contributed by atoms with van der Waals surface area (Å²) in [6.07, 6.45) is 11.9. The molecule has 5 heteroatoms. The van der Waals surface area contributed by atoms with E-state index in [9.17, 15) is 4.79 Å². The highest BCUT2D eigenvalue weighted by atomic mass is 28.4. The van der Waals surface area contributed by atoms with Crippen molar-refractivity contribution < 1.29 is 18.7 Å². The lowest BCUT2D eigenvalue weighted by Gasteiger charge is -2.44. The van der Waals surface area contributed by atoms with Gasteiger partial charge in [-0.25, -0.2) is 4.79 Å². The number of carbonyl (C=O) groups is 1. The molecular weight excluding hydrogens is 476 g/mol. The van der Waals surface area contributed by atoms with Crippen molar-refractivity contribution in [1.29, 1.82) is 0 Å². The molecule has 0 fully saturated rings. The van der Waals surface area contributed by atoms with Crippen LogP contribution in [0.5, 0.6) is 0 Å². The van der Waals surface area contributed by atoms with E-state index < -0.39 is 8.32 Å². The summed E-state index contributed by atoms with van der Waals surface area (Å²) >= 11 is 0. The molecule has 0 bridgehead atoms. The Bertz CT molecular complexity index is 833. The molecule has 0 aromatic heterocycles. The van der Waals surface area contributed by atoms with Crippen molar-refractivity contribution >= 4 is 14.3 Å². The fourth-order valence-corrected chi connectivity index (χ4v) is 10.6. The number of allylic oxidation sites excluding steroid dienone is 3. The second-order valence-electron chi connectivity index (χ2n) is 10.9. The third-order valence-corrected chi connectivity index (χ3v) is 13.2. The maximum absolute atomic E-state index is 11.7. The van der Waals surface area contributed by atoms with Crippen molar-refractivity contribution in [3.05, 3.63) is 71.8 Å². The zero-order valence-corrected chi connectivity index (χ0v) is 25.8. The Morgan fingerprint density at radius 2 is 1.51 bits per heavy atom. The molecule has 0 aliphatic carbocycles. The molecule has 0 aliphatic rings. The van der Waals surface area contributed by atoms with E-state index in [1.165, 1.54) is 11.1 Å². The van der Waals surface area contributed by atoms with E-state index >= 15 is 0 Å². The van der Waals surface area contributed by atoms with Crippen LogP contribution in [0.1, 0.15) is 80.7 Å². The summed E-state index contributed by atoms with van der Waals surface area (Å²) in [7, 11) is -2.04. The minimum absolute atomic E-state index is 0.0332. The van der Waals surface area contributed by atoms with Gasteiger partial charge in [-0.05, 0) is 54.8 Å². The van der Waals surface area contributed by atoms with Gasteiger partial charge in [0.05, 0.1) is 25.9 Å². The molecule has 0 aliphatic heterocycles. The predicted molar refractivity (Wildman–Crippen MR) is 159 cm³/mol. The van der Waals surface area contributed by atoms with Crippen LogP contribution in [0.25, 0.3) is 0 Å². The lowest BCUT2D eigenvalue weighted by atomic mass is 10.0. The number of carbonyl (C=O) groups excluding carboxylic acids is 1. The van der Waals surface area contributed by atoms with E-state index in [1.54, 1.807) is 6.08 Å². The van der Waals surface area contributed by atoms with E-state index in [0.717, 1.165) is 12.8 Å². The lowest BCUT2D eigenvalue weighted by molar-refractivity contribution is -0.137. The SMILES string of the molecule is CCOC(=O)/C=C/[C@H](C)CC[C@H](/C=C/C(C)=C/COCc1ccccc1)O[Si](C(C)C)(C(C)C)C(C)C. The third kappa shape index (κ3) is 12.0. The van der Waals surface area contributed by atoms with Crippen LogP contribution in [-0.4, -0.2) is 33.6 Å². The van der Waals surface area contributed by atoms with Gasteiger partial charge in [0, 0.05) is 6.08 Å². The Morgan fingerprint density at radius 1 is 0.892 bits per heavy atom. The number of hydrogen-bond acceptors (Lipinski definition) is 4. The summed E-state index contributed by atoms with van der Waals surface area (Å²) in [5, 5.41) is 0. The molecular formula is C32H52O4Si. The lowest BCUT2D eigenvalue weighted by Crippen LogP contribution is -2.50. The predicted octanol–water partition coefficient (Wildman–Crippen LogP) is 8.80. The maximum Gasteiger partial charge on any atom is 0.330 e. The van der Waals surface area contributed by atoms with Gasteiger partial charge in [0.1, 0.15) is 0 Å². The summed E-state index contributed by atoms with van der Waals surface area (Å²) < 4.78 is 18.0. The first kappa shape index (κ1) is 33.1. The van der Waals surface area contributed by atoms with Crippen LogP contribution < -0.4 is 0 Å². The van der Waals surface area contributed by atoms with Gasteiger partial charge in [-0.15, -0.1) is 0 Å². The fourth-order valence-electron chi connectivity index (χ4n) is 5.09. The van der Waals surface area contributed by atoms with Gasteiger partial charge in [-0.2, -0.15) is 0 Å². The Morgan fingerprint density at radius 3 is 2.08 bits per heavy atom. The van der Waals surface area contributed by atoms with Crippen molar-refractivity contribution in [2.45, 2.75) is 104 Å². The second-order valence-corrected chi connectivity index (χ2v) is 16.4. The molecule has 0 spiro atoms. The molecule has 4 nitrogen and oxygen atoms in total. The molecule has 1 aromatic carbocycles. The fraction of sp³-hybridized carbons (Fsp3) is 0.594. The molecule has 2 atom stereocenters. The highest BCUT2D eigenvalue weighted by Crippen LogP contribution is 2.43. The Balaban J connectivity index is 2.94. The van der Waals surface area contributed by atoms with Crippen molar-refractivity contribution in [3.63, 3.8) is 0 Å². The van der Waals surface area contributed by atoms with E-state index in [4.69, 9.17) is 13.9 Å². The average molecular weight is 529 g/mol. The van der Waals surface area contributed by atoms with Crippen molar-refractivity contribution in [2.24, 2.45) is 5.92 Å². The molecule has 0 saturated heterocycles. The van der Waals surface area contributed by atoms with Crippen molar-refractivity contribution in [2.75, 3.05) is 13.2 Å². The first-order valence-electron chi connectivity index (χ1n) is 14.0. The molecule has 1 rings (SSSR count). The minimum Gasteiger partial charge on any atom is -0.463 e. The second kappa shape index (κ2) is 17.5. The number of ether oxygens (including phenoxy) is 2. The van der Waals surface area contributed by atoms with Gasteiger partial charge in [0.25, 0.3) is 0 Å². The Hall–Kier alpha value is -1.95. The number of benzene rings is 1. The summed E-state index contributed by atoms with van der Waals surface area (Å²) in [5.41, 5.74) is 3.91. The normalized spacial score (nSPS) is 14.9. The van der Waals surface area contributed by atoms with Gasteiger partial charge in [-0.1, -0.05) is 109 Å². The third-order valence-electron chi connectivity index (χ3n) is 7.03. The van der Waals surface area contributed by atoms with E-state index in [2.05, 4.69) is 85.8 Å². The Kier molecular flexibility index (Phi) is 15.7. The van der Waals surface area contributed by atoms with Crippen LogP contribution in [0.2, 0.25) is 16.6 Å². The van der Waals surface area contributed by atoms with Crippen LogP contribution in [0.15, 0.2) is 66.3 Å². The molecule has 1 aromatic rings. The first-order chi connectivity index (χ1) is 17.5. The van der Waals surface area contributed by atoms with Gasteiger partial charge in [0.2, 0.25) is 8.32 Å². The van der Waals surface area contributed by atoms with Gasteiger partial charge in [-0.3, -0.25) is 0 Å². The van der Waals surface area contributed by atoms with Crippen LogP contribution in [0.3, 0.4) is 0 Å². The van der Waals surface area contributed by atoms with E-state index in [0.29, 0.717) is 36.4 Å². The zero-order chi connectivity index (χ0) is 27.8. The monoisotopic (exact) mass is 528 g/mol. The molecule has 0 unspecified atom stereocenters. The van der Waals surface area contributed by atoms with Crippen LogP contribution in [-0.2, 0) is 25.3 Å². The largest absolute Gasteiger partial charge is 0.463 e. The molecule has 0 amide bonds. The van der Waals surface area contributed by atoms with Crippen molar-refractivity contribution in [3.8, 4) is 0 Å². The molecule has 0 N–H and O–H groups in total. The summed E-state index contributed by atoms with van der Waals surface area (Å²) in [6.45, 7) is 21.6. The topological polar surface area (TPSA) is 44.8 Å². The number of hydrogen-bond donors (Lipinski definition) is 0. The highest BCUT2D eigenvalue weighted by Gasteiger charge is 2.46.